The fourth-order valence-corrected chi connectivity index (χ4v) is 2.53. The molecule has 102 valence electrons. The third-order valence-electron chi connectivity index (χ3n) is 3.67. The van der Waals surface area contributed by atoms with Crippen molar-refractivity contribution in [2.75, 3.05) is 0 Å². The first-order valence-corrected chi connectivity index (χ1v) is 6.81. The molecular formula is C15H16N4O. The lowest BCUT2D eigenvalue weighted by Crippen LogP contribution is -2.40. The summed E-state index contributed by atoms with van der Waals surface area (Å²) in [6.45, 7) is 0. The predicted molar refractivity (Wildman–Crippen MR) is 72.4 cm³/mol. The molecule has 1 aliphatic carbocycles. The van der Waals surface area contributed by atoms with Crippen LogP contribution < -0.4 is 5.32 Å². The summed E-state index contributed by atoms with van der Waals surface area (Å²) in [6, 6.07) is 6.72. The molecule has 2 rings (SSSR count). The van der Waals surface area contributed by atoms with E-state index in [0.29, 0.717) is 5.56 Å². The molecule has 1 atom stereocenters. The number of nitrogens with zero attached hydrogens (tertiary/aromatic N) is 3. The van der Waals surface area contributed by atoms with Gasteiger partial charge >= 0.3 is 0 Å². The van der Waals surface area contributed by atoms with Crippen molar-refractivity contribution in [1.29, 1.82) is 10.5 Å². The molecule has 0 spiro atoms. The van der Waals surface area contributed by atoms with Gasteiger partial charge in [0.2, 0.25) is 0 Å². The van der Waals surface area contributed by atoms with Crippen LogP contribution in [0.3, 0.4) is 0 Å². The van der Waals surface area contributed by atoms with Crippen molar-refractivity contribution in [2.45, 2.75) is 38.1 Å². The number of aromatic nitrogens is 1. The van der Waals surface area contributed by atoms with Gasteiger partial charge < -0.3 is 5.32 Å². The number of rotatable bonds is 3. The Morgan fingerprint density at radius 3 is 2.60 bits per heavy atom. The summed E-state index contributed by atoms with van der Waals surface area (Å²) in [7, 11) is 0. The number of carbonyl (C=O) groups is 1. The Kier molecular flexibility index (Phi) is 4.68. The van der Waals surface area contributed by atoms with E-state index in [9.17, 15) is 10.1 Å². The highest BCUT2D eigenvalue weighted by atomic mass is 16.1. The first kappa shape index (κ1) is 14.0. The van der Waals surface area contributed by atoms with Gasteiger partial charge in [0.15, 0.2) is 0 Å². The molecule has 5 heteroatoms. The van der Waals surface area contributed by atoms with Crippen molar-refractivity contribution >= 4 is 5.91 Å². The van der Waals surface area contributed by atoms with Gasteiger partial charge in [0.05, 0.1) is 11.6 Å². The smallest absolute Gasteiger partial charge is 0.270 e. The molecule has 0 aliphatic heterocycles. The minimum absolute atomic E-state index is 0.232. The Balaban J connectivity index is 2.01. The minimum atomic E-state index is -0.458. The molecule has 1 N–H and O–H groups in total. The van der Waals surface area contributed by atoms with Crippen LogP contribution in [0.25, 0.3) is 0 Å². The molecule has 1 aromatic heterocycles. The van der Waals surface area contributed by atoms with E-state index in [4.69, 9.17) is 5.26 Å². The van der Waals surface area contributed by atoms with Crippen molar-refractivity contribution in [3.8, 4) is 12.1 Å². The lowest BCUT2D eigenvalue weighted by Gasteiger charge is -2.26. The summed E-state index contributed by atoms with van der Waals surface area (Å²) in [4.78, 5) is 16.0. The van der Waals surface area contributed by atoms with Crippen LogP contribution in [0.4, 0.5) is 0 Å². The van der Waals surface area contributed by atoms with Gasteiger partial charge in [0, 0.05) is 6.20 Å². The molecule has 1 saturated carbocycles. The molecule has 1 aliphatic rings. The molecule has 0 radical (unpaired) electrons. The number of pyridine rings is 1. The molecular weight excluding hydrogens is 252 g/mol. The number of nitriles is 2. The number of amides is 1. The average Bonchev–Trinajstić information content (AvgIpc) is 2.53. The lowest BCUT2D eigenvalue weighted by molar-refractivity contribution is 0.0924. The van der Waals surface area contributed by atoms with E-state index in [0.717, 1.165) is 25.7 Å². The number of hydrogen-bond donors (Lipinski definition) is 1. The first-order chi connectivity index (χ1) is 9.74. The van der Waals surface area contributed by atoms with Crippen molar-refractivity contribution in [3.63, 3.8) is 0 Å². The highest BCUT2D eigenvalue weighted by molar-refractivity contribution is 5.92. The Morgan fingerprint density at radius 2 is 2.05 bits per heavy atom. The molecule has 20 heavy (non-hydrogen) atoms. The molecule has 1 aromatic rings. The van der Waals surface area contributed by atoms with E-state index < -0.39 is 6.04 Å². The summed E-state index contributed by atoms with van der Waals surface area (Å²) in [5.41, 5.74) is 0.644. The summed E-state index contributed by atoms with van der Waals surface area (Å²) in [5, 5.41) is 20.7. The largest absolute Gasteiger partial charge is 0.335 e. The van der Waals surface area contributed by atoms with E-state index >= 15 is 0 Å². The van der Waals surface area contributed by atoms with Gasteiger partial charge in [-0.25, -0.2) is 4.98 Å². The molecule has 0 aromatic carbocycles. The van der Waals surface area contributed by atoms with Crippen LogP contribution in [0.2, 0.25) is 0 Å². The molecule has 1 unspecified atom stereocenters. The molecule has 1 fully saturated rings. The quantitative estimate of drug-likeness (QED) is 0.909. The van der Waals surface area contributed by atoms with Gasteiger partial charge in [0.25, 0.3) is 5.91 Å². The van der Waals surface area contributed by atoms with Crippen LogP contribution >= 0.6 is 0 Å². The molecule has 1 heterocycles. The molecule has 0 saturated heterocycles. The number of carbonyl (C=O) groups excluding carboxylic acids is 1. The highest BCUT2D eigenvalue weighted by Gasteiger charge is 2.25. The van der Waals surface area contributed by atoms with Crippen molar-refractivity contribution in [3.05, 3.63) is 29.6 Å². The van der Waals surface area contributed by atoms with Gasteiger partial charge in [-0.3, -0.25) is 4.79 Å². The minimum Gasteiger partial charge on any atom is -0.335 e. The van der Waals surface area contributed by atoms with Crippen LogP contribution in [-0.4, -0.2) is 16.9 Å². The van der Waals surface area contributed by atoms with Crippen LogP contribution in [0.1, 0.15) is 48.2 Å². The Labute approximate surface area is 118 Å². The zero-order valence-corrected chi connectivity index (χ0v) is 11.2. The maximum Gasteiger partial charge on any atom is 0.270 e. The molecule has 1 amide bonds. The Bertz CT molecular complexity index is 547. The van der Waals surface area contributed by atoms with E-state index in [2.05, 4.69) is 16.4 Å². The molecule has 0 bridgehead atoms. The van der Waals surface area contributed by atoms with Crippen LogP contribution in [0.15, 0.2) is 18.3 Å². The third kappa shape index (κ3) is 3.33. The van der Waals surface area contributed by atoms with Crippen molar-refractivity contribution in [2.24, 2.45) is 5.92 Å². The Hall–Kier alpha value is -2.40. The molecule has 5 nitrogen and oxygen atoms in total. The van der Waals surface area contributed by atoms with Crippen LogP contribution in [0, 0.1) is 28.6 Å². The van der Waals surface area contributed by atoms with Gasteiger partial charge in [0.1, 0.15) is 17.8 Å². The van der Waals surface area contributed by atoms with Crippen LogP contribution in [-0.2, 0) is 0 Å². The number of nitrogens with one attached hydrogen (secondary N) is 1. The van der Waals surface area contributed by atoms with E-state index in [-0.39, 0.29) is 17.5 Å². The maximum atomic E-state index is 12.0. The third-order valence-corrected chi connectivity index (χ3v) is 3.67. The predicted octanol–water partition coefficient (Wildman–Crippen LogP) is 2.16. The normalized spacial score (nSPS) is 16.7. The van der Waals surface area contributed by atoms with Gasteiger partial charge in [-0.1, -0.05) is 19.3 Å². The summed E-state index contributed by atoms with van der Waals surface area (Å²) < 4.78 is 0. The topological polar surface area (TPSA) is 89.6 Å². The van der Waals surface area contributed by atoms with Gasteiger partial charge in [-0.2, -0.15) is 10.5 Å². The average molecular weight is 268 g/mol. The van der Waals surface area contributed by atoms with E-state index in [1.54, 1.807) is 6.07 Å². The second-order valence-corrected chi connectivity index (χ2v) is 5.02. The van der Waals surface area contributed by atoms with Gasteiger partial charge in [-0.05, 0) is 30.9 Å². The zero-order valence-electron chi connectivity index (χ0n) is 11.2. The standard InChI is InChI=1S/C15H16N4O/c16-8-11-6-7-13(18-10-11)15(20)19-14(9-17)12-4-2-1-3-5-12/h6-7,10,12,14H,1-5H2,(H,19,20). The maximum absolute atomic E-state index is 12.0. The summed E-state index contributed by atoms with van der Waals surface area (Å²) >= 11 is 0. The highest BCUT2D eigenvalue weighted by Crippen LogP contribution is 2.26. The number of hydrogen-bond acceptors (Lipinski definition) is 4. The van der Waals surface area contributed by atoms with Gasteiger partial charge in [-0.15, -0.1) is 0 Å². The van der Waals surface area contributed by atoms with Crippen molar-refractivity contribution in [1.82, 2.24) is 10.3 Å². The SMILES string of the molecule is N#Cc1ccc(C(=O)NC(C#N)C2CCCCC2)nc1. The van der Waals surface area contributed by atoms with Crippen LogP contribution in [0.5, 0.6) is 0 Å². The second-order valence-electron chi connectivity index (χ2n) is 5.02. The van der Waals surface area contributed by atoms with E-state index in [1.807, 2.05) is 6.07 Å². The Morgan fingerprint density at radius 1 is 1.30 bits per heavy atom. The fraction of sp³-hybridized carbons (Fsp3) is 0.467. The zero-order chi connectivity index (χ0) is 14.4. The summed E-state index contributed by atoms with van der Waals surface area (Å²) in [5.74, 6) is -0.123. The first-order valence-electron chi connectivity index (χ1n) is 6.81. The monoisotopic (exact) mass is 268 g/mol. The van der Waals surface area contributed by atoms with Crippen molar-refractivity contribution < 1.29 is 4.79 Å². The lowest BCUT2D eigenvalue weighted by atomic mass is 9.84. The summed E-state index contributed by atoms with van der Waals surface area (Å²) in [6.07, 6.45) is 6.77. The second kappa shape index (κ2) is 6.68. The van der Waals surface area contributed by atoms with E-state index in [1.165, 1.54) is 18.7 Å². The fourth-order valence-electron chi connectivity index (χ4n) is 2.53.